The molecule has 10 heteroatoms. The van der Waals surface area contributed by atoms with Crippen LogP contribution >= 0.6 is 31.9 Å². The molecule has 1 aromatic heterocycles. The minimum Gasteiger partial charge on any atom is -0.427 e. The monoisotopic (exact) mass is 417 g/mol. The number of thiazole rings is 1. The smallest absolute Gasteiger partial charge is 0.391 e. The molecule has 0 saturated carbocycles. The highest BCUT2D eigenvalue weighted by molar-refractivity contribution is 7.99. The third-order valence-electron chi connectivity index (χ3n) is 3.01. The van der Waals surface area contributed by atoms with Crippen molar-refractivity contribution in [3.05, 3.63) is 40.3 Å². The van der Waals surface area contributed by atoms with Crippen molar-refractivity contribution in [3.8, 4) is 5.75 Å². The molecule has 3 N–H and O–H groups in total. The van der Waals surface area contributed by atoms with Gasteiger partial charge >= 0.3 is 8.60 Å². The van der Waals surface area contributed by atoms with Gasteiger partial charge in [-0.2, -0.15) is 4.99 Å². The lowest BCUT2D eigenvalue weighted by atomic mass is 10.2. The Balaban J connectivity index is 0.00000163. The maximum atomic E-state index is 11.4. The second-order valence-corrected chi connectivity index (χ2v) is 7.71. The molecule has 0 spiro atoms. The lowest BCUT2D eigenvalue weighted by Gasteiger charge is -2.09. The van der Waals surface area contributed by atoms with Crippen LogP contribution in [0.25, 0.3) is 0 Å². The number of benzene rings is 1. The fourth-order valence-electron chi connectivity index (χ4n) is 1.99. The zero-order valence-corrected chi connectivity index (χ0v) is 17.9. The Bertz CT molecular complexity index is 773. The van der Waals surface area contributed by atoms with Gasteiger partial charge in [-0.25, -0.2) is 0 Å². The second kappa shape index (κ2) is 11.5. The first-order valence-electron chi connectivity index (χ1n) is 7.94. The van der Waals surface area contributed by atoms with Crippen LogP contribution in [0.5, 0.6) is 5.75 Å². The molecule has 0 atom stereocenters. The maximum absolute atomic E-state index is 11.4. The molecule has 0 fully saturated rings. The second-order valence-electron chi connectivity index (χ2n) is 4.77. The lowest BCUT2D eigenvalue weighted by molar-refractivity contribution is -0.116. The van der Waals surface area contributed by atoms with Crippen molar-refractivity contribution in [2.75, 3.05) is 7.05 Å². The largest absolute Gasteiger partial charge is 0.427 e. The van der Waals surface area contributed by atoms with E-state index in [0.717, 1.165) is 15.5 Å². The van der Waals surface area contributed by atoms with Crippen LogP contribution in [0.4, 0.5) is 0 Å². The number of carbonyl (C=O) groups excluding carboxylic acids is 1. The van der Waals surface area contributed by atoms with Crippen molar-refractivity contribution in [2.24, 2.45) is 4.99 Å². The summed E-state index contributed by atoms with van der Waals surface area (Å²) in [6.45, 7) is 7.96. The first-order valence-corrected chi connectivity index (χ1v) is 10.7. The highest BCUT2D eigenvalue weighted by Crippen LogP contribution is 2.29. The fraction of sp³-hybridized carbons (Fsp3) is 0.375. The van der Waals surface area contributed by atoms with Gasteiger partial charge in [0.25, 0.3) is 0 Å². The lowest BCUT2D eigenvalue weighted by Crippen LogP contribution is -2.18. The summed E-state index contributed by atoms with van der Waals surface area (Å²) in [6.07, 6.45) is 0. The van der Waals surface area contributed by atoms with Crippen molar-refractivity contribution >= 4 is 37.8 Å². The molecule has 26 heavy (non-hydrogen) atoms. The number of aromatic nitrogens is 1. The number of amides is 1. The van der Waals surface area contributed by atoms with Crippen LogP contribution in [0, 0.1) is 6.92 Å². The molecule has 2 rings (SSSR count). The van der Waals surface area contributed by atoms with Gasteiger partial charge in [-0.1, -0.05) is 37.3 Å². The predicted molar refractivity (Wildman–Crippen MR) is 107 cm³/mol. The normalized spacial score (nSPS) is 11.3. The number of nitrogens with zero attached hydrogens (tertiary/aromatic N) is 2. The third-order valence-corrected chi connectivity index (χ3v) is 5.55. The minimum absolute atomic E-state index is 0.242. The zero-order valence-electron chi connectivity index (χ0n) is 15.4. The van der Waals surface area contributed by atoms with Crippen molar-refractivity contribution in [1.29, 1.82) is 0 Å². The van der Waals surface area contributed by atoms with Crippen LogP contribution in [-0.4, -0.2) is 27.3 Å². The van der Waals surface area contributed by atoms with Crippen LogP contribution in [0.3, 0.4) is 0 Å². The Labute approximate surface area is 162 Å². The summed E-state index contributed by atoms with van der Waals surface area (Å²) in [4.78, 5) is 33.8. The highest BCUT2D eigenvalue weighted by Gasteiger charge is 2.11. The molecule has 1 aromatic carbocycles. The third kappa shape index (κ3) is 6.83. The molecule has 0 aliphatic rings. The Kier molecular flexibility index (Phi) is 10.1. The molecule has 7 nitrogen and oxygen atoms in total. The topological polar surface area (TPSA) is 96.1 Å². The molecule has 1 heterocycles. The van der Waals surface area contributed by atoms with E-state index in [2.05, 4.69) is 9.71 Å². The number of carbonyl (C=O) groups is 1. The molecule has 0 aliphatic carbocycles. The van der Waals surface area contributed by atoms with E-state index < -0.39 is 8.60 Å². The van der Waals surface area contributed by atoms with E-state index in [-0.39, 0.29) is 5.91 Å². The van der Waals surface area contributed by atoms with Crippen LogP contribution in [0.15, 0.2) is 33.5 Å². The van der Waals surface area contributed by atoms with Gasteiger partial charge < -0.3 is 18.9 Å². The van der Waals surface area contributed by atoms with E-state index in [0.29, 0.717) is 17.1 Å². The van der Waals surface area contributed by atoms with Gasteiger partial charge in [-0.3, -0.25) is 9.52 Å². The van der Waals surface area contributed by atoms with Crippen molar-refractivity contribution in [2.45, 2.75) is 38.4 Å². The van der Waals surface area contributed by atoms with Crippen molar-refractivity contribution < 1.29 is 19.1 Å². The van der Waals surface area contributed by atoms with E-state index in [4.69, 9.17) is 14.3 Å². The van der Waals surface area contributed by atoms with Crippen LogP contribution in [-0.2, 0) is 11.3 Å². The molecule has 0 aliphatic heterocycles. The van der Waals surface area contributed by atoms with Gasteiger partial charge in [0, 0.05) is 12.6 Å². The van der Waals surface area contributed by atoms with Crippen LogP contribution < -0.4 is 14.0 Å². The molecule has 144 valence electrons. The molecule has 0 saturated heterocycles. The Hall–Kier alpha value is -1.22. The van der Waals surface area contributed by atoms with Crippen LogP contribution in [0.2, 0.25) is 0 Å². The zero-order chi connectivity index (χ0) is 19.7. The SMILES string of the molecule is CC.CNSc1sc(=NC(C)=O)n(Cc2ccc(OP(O)O)cc2)c1C. The number of nitrogens with one attached hydrogen (secondary N) is 1. The van der Waals surface area contributed by atoms with E-state index in [1.807, 2.05) is 44.5 Å². The van der Waals surface area contributed by atoms with Crippen LogP contribution in [0.1, 0.15) is 32.0 Å². The number of rotatable bonds is 6. The standard InChI is InChI=1S/C14H18N3O4PS2.C2H6/c1-9-13(24-15-3)23-14(16-10(2)18)17(9)8-11-4-6-12(7-5-11)21-22(19)20;1-2/h4-7,15,19-20H,8H2,1-3H3;1-2H3. The van der Waals surface area contributed by atoms with E-state index >= 15 is 0 Å². The summed E-state index contributed by atoms with van der Waals surface area (Å²) < 4.78 is 10.9. The number of hydrogen-bond donors (Lipinski definition) is 3. The Morgan fingerprint density at radius 2 is 1.96 bits per heavy atom. The number of hydrogen-bond acceptors (Lipinski definition) is 7. The summed E-state index contributed by atoms with van der Waals surface area (Å²) in [5.74, 6) is 0.149. The summed E-state index contributed by atoms with van der Waals surface area (Å²) in [5, 5.41) is 0. The van der Waals surface area contributed by atoms with Gasteiger partial charge in [-0.15, -0.1) is 0 Å². The Morgan fingerprint density at radius 3 is 2.46 bits per heavy atom. The Morgan fingerprint density at radius 1 is 1.35 bits per heavy atom. The van der Waals surface area contributed by atoms with E-state index in [9.17, 15) is 4.79 Å². The minimum atomic E-state index is -2.42. The molecule has 0 radical (unpaired) electrons. The van der Waals surface area contributed by atoms with E-state index in [1.165, 1.54) is 30.2 Å². The van der Waals surface area contributed by atoms with Gasteiger partial charge in [0.1, 0.15) is 5.75 Å². The quantitative estimate of drug-likeness (QED) is 0.493. The predicted octanol–water partition coefficient (Wildman–Crippen LogP) is 3.20. The summed E-state index contributed by atoms with van der Waals surface area (Å²) in [5.41, 5.74) is 2.00. The highest BCUT2D eigenvalue weighted by atomic mass is 32.2. The van der Waals surface area contributed by atoms with Gasteiger partial charge in [0.15, 0.2) is 4.80 Å². The first-order chi connectivity index (χ1) is 12.4. The van der Waals surface area contributed by atoms with Gasteiger partial charge in [0.2, 0.25) is 5.91 Å². The summed E-state index contributed by atoms with van der Waals surface area (Å²) in [7, 11) is -0.582. The summed E-state index contributed by atoms with van der Waals surface area (Å²) in [6, 6.07) is 7.01. The fourth-order valence-corrected chi connectivity index (χ4v) is 4.29. The molecular formula is C16H24N3O4PS2. The van der Waals surface area contributed by atoms with Gasteiger partial charge in [0.05, 0.1) is 10.8 Å². The maximum Gasteiger partial charge on any atom is 0.391 e. The first kappa shape index (κ1) is 22.8. The molecule has 0 bridgehead atoms. The van der Waals surface area contributed by atoms with Crippen molar-refractivity contribution in [3.63, 3.8) is 0 Å². The van der Waals surface area contributed by atoms with E-state index in [1.54, 1.807) is 12.1 Å². The molecular weight excluding hydrogens is 393 g/mol. The molecule has 0 unspecified atom stereocenters. The average Bonchev–Trinajstić information content (AvgIpc) is 2.86. The molecule has 1 amide bonds. The molecule has 2 aromatic rings. The average molecular weight is 417 g/mol. The van der Waals surface area contributed by atoms with Crippen molar-refractivity contribution in [1.82, 2.24) is 9.29 Å². The summed E-state index contributed by atoms with van der Waals surface area (Å²) >= 11 is 2.94. The van der Waals surface area contributed by atoms with Gasteiger partial charge in [-0.05, 0) is 43.6 Å².